The number of aliphatic hydroxyl groups excluding tert-OH is 1. The first-order chi connectivity index (χ1) is 7.50. The summed E-state index contributed by atoms with van der Waals surface area (Å²) in [7, 11) is 0. The van der Waals surface area contributed by atoms with E-state index in [9.17, 15) is 14.4 Å². The highest BCUT2D eigenvalue weighted by Crippen LogP contribution is 1.89. The van der Waals surface area contributed by atoms with Crippen LogP contribution in [0.15, 0.2) is 16.9 Å². The van der Waals surface area contributed by atoms with Gasteiger partial charge in [-0.05, 0) is 6.07 Å². The van der Waals surface area contributed by atoms with Gasteiger partial charge >= 0.3 is 5.97 Å². The molecule has 0 radical (unpaired) electrons. The molecule has 0 bridgehead atoms. The fraction of sp³-hybridized carbons (Fsp3) is 0.250. The summed E-state index contributed by atoms with van der Waals surface area (Å²) < 4.78 is 0. The summed E-state index contributed by atoms with van der Waals surface area (Å²) in [6.07, 6.45) is -1.67. The van der Waals surface area contributed by atoms with E-state index < -0.39 is 30.1 Å². The third kappa shape index (κ3) is 3.17. The van der Waals surface area contributed by atoms with E-state index in [2.05, 4.69) is 10.4 Å². The molecule has 1 heterocycles. The lowest BCUT2D eigenvalue weighted by Gasteiger charge is -2.06. The third-order valence-corrected chi connectivity index (χ3v) is 1.65. The van der Waals surface area contributed by atoms with Crippen molar-refractivity contribution in [3.63, 3.8) is 0 Å². The molecular formula is C8H9N3O5. The summed E-state index contributed by atoms with van der Waals surface area (Å²) in [4.78, 5) is 32.1. The summed E-state index contributed by atoms with van der Waals surface area (Å²) in [6, 6.07) is 2.29. The zero-order chi connectivity index (χ0) is 12.1. The topological polar surface area (TPSA) is 132 Å². The van der Waals surface area contributed by atoms with Crippen LogP contribution in [0, 0.1) is 0 Å². The van der Waals surface area contributed by atoms with Gasteiger partial charge in [-0.1, -0.05) is 0 Å². The van der Waals surface area contributed by atoms with Crippen molar-refractivity contribution in [2.45, 2.75) is 6.10 Å². The maximum atomic E-state index is 11.3. The van der Waals surface area contributed by atoms with Gasteiger partial charge in [0.05, 0.1) is 6.54 Å². The van der Waals surface area contributed by atoms with Gasteiger partial charge in [0, 0.05) is 6.07 Å². The quantitative estimate of drug-likeness (QED) is 0.467. The number of aromatic nitrogens is 2. The predicted molar refractivity (Wildman–Crippen MR) is 50.8 cm³/mol. The Hall–Kier alpha value is -2.22. The van der Waals surface area contributed by atoms with Gasteiger partial charge in [0.15, 0.2) is 6.10 Å². The Morgan fingerprint density at radius 2 is 2.19 bits per heavy atom. The molecule has 16 heavy (non-hydrogen) atoms. The molecule has 0 aliphatic heterocycles. The Kier molecular flexibility index (Phi) is 3.72. The second kappa shape index (κ2) is 5.03. The number of nitrogens with zero attached hydrogens (tertiary/aromatic N) is 1. The summed E-state index contributed by atoms with van der Waals surface area (Å²) in [5.74, 6) is -2.12. The van der Waals surface area contributed by atoms with Crippen LogP contribution in [0.25, 0.3) is 0 Å². The largest absolute Gasteiger partial charge is 0.479 e. The highest BCUT2D eigenvalue weighted by Gasteiger charge is 2.15. The lowest BCUT2D eigenvalue weighted by atomic mass is 10.3. The highest BCUT2D eigenvalue weighted by molar-refractivity contribution is 5.92. The van der Waals surface area contributed by atoms with Gasteiger partial charge < -0.3 is 15.5 Å². The number of aliphatic hydroxyl groups is 1. The van der Waals surface area contributed by atoms with Crippen molar-refractivity contribution < 1.29 is 19.8 Å². The van der Waals surface area contributed by atoms with E-state index >= 15 is 0 Å². The van der Waals surface area contributed by atoms with Gasteiger partial charge in [0.25, 0.3) is 11.5 Å². The van der Waals surface area contributed by atoms with Crippen molar-refractivity contribution in [3.8, 4) is 0 Å². The van der Waals surface area contributed by atoms with Gasteiger partial charge in [-0.3, -0.25) is 9.59 Å². The minimum Gasteiger partial charge on any atom is -0.479 e. The number of amides is 1. The summed E-state index contributed by atoms with van der Waals surface area (Å²) in [5.41, 5.74) is -0.528. The zero-order valence-corrected chi connectivity index (χ0v) is 8.01. The lowest BCUT2D eigenvalue weighted by Crippen LogP contribution is -2.37. The molecule has 86 valence electrons. The molecule has 0 aliphatic carbocycles. The lowest BCUT2D eigenvalue weighted by molar-refractivity contribution is -0.146. The first-order valence-electron chi connectivity index (χ1n) is 4.25. The van der Waals surface area contributed by atoms with Crippen molar-refractivity contribution in [2.75, 3.05) is 6.54 Å². The molecule has 1 amide bonds. The van der Waals surface area contributed by atoms with Gasteiger partial charge in [0.2, 0.25) is 0 Å². The number of carboxylic acids is 1. The van der Waals surface area contributed by atoms with E-state index in [1.165, 1.54) is 6.07 Å². The zero-order valence-electron chi connectivity index (χ0n) is 8.01. The SMILES string of the molecule is O=C(NCC(O)C(=O)O)c1ccc(=O)[nH]n1. The van der Waals surface area contributed by atoms with Crippen molar-refractivity contribution in [1.82, 2.24) is 15.5 Å². The van der Waals surface area contributed by atoms with Gasteiger partial charge in [0.1, 0.15) is 5.69 Å². The van der Waals surface area contributed by atoms with E-state index in [1.807, 2.05) is 5.10 Å². The number of carbonyl (C=O) groups is 2. The van der Waals surface area contributed by atoms with E-state index in [0.29, 0.717) is 0 Å². The fourth-order valence-electron chi connectivity index (χ4n) is 0.838. The minimum atomic E-state index is -1.67. The van der Waals surface area contributed by atoms with Crippen LogP contribution in [-0.2, 0) is 4.79 Å². The number of hydrogen-bond acceptors (Lipinski definition) is 5. The number of H-pyrrole nitrogens is 1. The Morgan fingerprint density at radius 3 is 2.69 bits per heavy atom. The van der Waals surface area contributed by atoms with E-state index in [4.69, 9.17) is 10.2 Å². The molecule has 1 rings (SSSR count). The maximum Gasteiger partial charge on any atom is 0.334 e. The maximum absolute atomic E-state index is 11.3. The number of carboxylic acid groups (broad SMARTS) is 1. The molecule has 0 fully saturated rings. The second-order valence-electron chi connectivity index (χ2n) is 2.87. The molecule has 0 aromatic carbocycles. The Bertz CT molecular complexity index is 435. The van der Waals surface area contributed by atoms with E-state index in [1.54, 1.807) is 0 Å². The molecule has 8 heteroatoms. The van der Waals surface area contributed by atoms with Crippen LogP contribution >= 0.6 is 0 Å². The normalized spacial score (nSPS) is 11.8. The molecule has 0 saturated heterocycles. The van der Waals surface area contributed by atoms with Crippen LogP contribution in [0.5, 0.6) is 0 Å². The Morgan fingerprint density at radius 1 is 1.50 bits per heavy atom. The van der Waals surface area contributed by atoms with Crippen molar-refractivity contribution >= 4 is 11.9 Å². The summed E-state index contributed by atoms with van der Waals surface area (Å²) in [5, 5.41) is 24.8. The van der Waals surface area contributed by atoms with Crippen molar-refractivity contribution in [1.29, 1.82) is 0 Å². The smallest absolute Gasteiger partial charge is 0.334 e. The van der Waals surface area contributed by atoms with Crippen LogP contribution in [0.3, 0.4) is 0 Å². The average molecular weight is 227 g/mol. The van der Waals surface area contributed by atoms with Crippen LogP contribution in [0.4, 0.5) is 0 Å². The molecule has 8 nitrogen and oxygen atoms in total. The van der Waals surface area contributed by atoms with Crippen LogP contribution in [0.2, 0.25) is 0 Å². The first-order valence-corrected chi connectivity index (χ1v) is 4.25. The highest BCUT2D eigenvalue weighted by atomic mass is 16.4. The molecule has 4 N–H and O–H groups in total. The third-order valence-electron chi connectivity index (χ3n) is 1.65. The molecule has 1 unspecified atom stereocenters. The van der Waals surface area contributed by atoms with Crippen molar-refractivity contribution in [2.24, 2.45) is 0 Å². The van der Waals surface area contributed by atoms with Gasteiger partial charge in [-0.2, -0.15) is 5.10 Å². The van der Waals surface area contributed by atoms with Gasteiger partial charge in [-0.25, -0.2) is 9.89 Å². The molecule has 1 aromatic heterocycles. The summed E-state index contributed by atoms with van der Waals surface area (Å²) >= 11 is 0. The number of aromatic amines is 1. The average Bonchev–Trinajstić information content (AvgIpc) is 2.26. The minimum absolute atomic E-state index is 0.0720. The number of rotatable bonds is 4. The second-order valence-corrected chi connectivity index (χ2v) is 2.87. The molecule has 0 aliphatic rings. The van der Waals surface area contributed by atoms with Crippen LogP contribution < -0.4 is 10.9 Å². The van der Waals surface area contributed by atoms with E-state index in [-0.39, 0.29) is 5.69 Å². The molecular weight excluding hydrogens is 218 g/mol. The first kappa shape index (κ1) is 11.9. The molecule has 0 saturated carbocycles. The number of hydrogen-bond donors (Lipinski definition) is 4. The Labute approximate surface area is 88.9 Å². The standard InChI is InChI=1S/C8H9N3O5/c12-5(8(15)16)3-9-7(14)4-1-2-6(13)11-10-4/h1-2,5,12H,3H2,(H,9,14)(H,11,13)(H,15,16). The molecule has 0 spiro atoms. The number of aliphatic carboxylic acids is 1. The van der Waals surface area contributed by atoms with Crippen LogP contribution in [0.1, 0.15) is 10.5 Å². The van der Waals surface area contributed by atoms with Crippen LogP contribution in [-0.4, -0.2) is 44.9 Å². The fourth-order valence-corrected chi connectivity index (χ4v) is 0.838. The number of nitrogens with one attached hydrogen (secondary N) is 2. The predicted octanol–water partition coefficient (Wildman–Crippen LogP) is -2.05. The number of carbonyl (C=O) groups excluding carboxylic acids is 1. The molecule has 1 aromatic rings. The van der Waals surface area contributed by atoms with Gasteiger partial charge in [-0.15, -0.1) is 0 Å². The van der Waals surface area contributed by atoms with E-state index in [0.717, 1.165) is 6.07 Å². The Balaban J connectivity index is 2.56. The molecule has 1 atom stereocenters. The monoisotopic (exact) mass is 227 g/mol. The summed E-state index contributed by atoms with van der Waals surface area (Å²) in [6.45, 7) is -0.436. The van der Waals surface area contributed by atoms with Crippen molar-refractivity contribution in [3.05, 3.63) is 28.2 Å².